The van der Waals surface area contributed by atoms with E-state index in [0.717, 1.165) is 31.2 Å². The van der Waals surface area contributed by atoms with E-state index in [9.17, 15) is 9.90 Å². The highest BCUT2D eigenvalue weighted by Gasteiger charge is 2.23. The zero-order chi connectivity index (χ0) is 20.7. The second kappa shape index (κ2) is 8.07. The fraction of sp³-hybridized carbons (Fsp3) is 0.350. The largest absolute Gasteiger partial charge is 0.397 e. The molecule has 0 spiro atoms. The molecule has 1 saturated carbocycles. The molecule has 9 heteroatoms. The molecule has 0 saturated heterocycles. The van der Waals surface area contributed by atoms with Crippen LogP contribution in [0.3, 0.4) is 0 Å². The fourth-order valence-corrected chi connectivity index (χ4v) is 4.89. The lowest BCUT2D eigenvalue weighted by Crippen LogP contribution is -2.29. The van der Waals surface area contributed by atoms with Gasteiger partial charge in [-0.3, -0.25) is 4.79 Å². The summed E-state index contributed by atoms with van der Waals surface area (Å²) in [5.74, 6) is 0.359. The Labute approximate surface area is 182 Å². The van der Waals surface area contributed by atoms with Crippen LogP contribution in [-0.4, -0.2) is 33.0 Å². The predicted octanol–water partition coefficient (Wildman–Crippen LogP) is 5.17. The third kappa shape index (κ3) is 4.05. The highest BCUT2D eigenvalue weighted by atomic mass is 35.5. The molecule has 3 aromatic rings. The zero-order valence-corrected chi connectivity index (χ0v) is 18.0. The second-order valence-corrected chi connectivity index (χ2v) is 9.07. The van der Waals surface area contributed by atoms with E-state index in [1.165, 1.54) is 18.3 Å². The molecule has 4 rings (SSSR count). The van der Waals surface area contributed by atoms with Crippen LogP contribution in [0.15, 0.2) is 18.2 Å². The number of thiophene rings is 1. The Morgan fingerprint density at radius 2 is 1.93 bits per heavy atom. The molecule has 0 amide bonds. The number of hydrogen-bond acceptors (Lipinski definition) is 7. The third-order valence-electron chi connectivity index (χ3n) is 5.13. The maximum Gasteiger partial charge on any atom is 0.224 e. The van der Waals surface area contributed by atoms with Crippen LogP contribution in [0.1, 0.15) is 42.3 Å². The standard InChI is InChI=1S/C20H20Cl2N4O2S/c1-9(27)18-16(23)15-17(10-2-7-13(21)14(22)8-10)25-20(26-19(15)29-18)24-11-3-5-12(28)6-4-11/h2,7-8,11-12,28H,3-6,23H2,1H3,(H,24,25,26). The van der Waals surface area contributed by atoms with Gasteiger partial charge in [0.05, 0.1) is 37.8 Å². The van der Waals surface area contributed by atoms with Crippen molar-refractivity contribution in [1.29, 1.82) is 0 Å². The van der Waals surface area contributed by atoms with Crippen LogP contribution >= 0.6 is 34.5 Å². The number of nitrogens with two attached hydrogens (primary N) is 1. The number of aliphatic hydroxyl groups is 1. The molecular formula is C20H20Cl2N4O2S. The lowest BCUT2D eigenvalue weighted by molar-refractivity contribution is 0.102. The van der Waals surface area contributed by atoms with E-state index in [4.69, 9.17) is 33.9 Å². The maximum atomic E-state index is 12.0. The van der Waals surface area contributed by atoms with E-state index in [-0.39, 0.29) is 17.9 Å². The zero-order valence-electron chi connectivity index (χ0n) is 15.7. The van der Waals surface area contributed by atoms with Crippen molar-refractivity contribution in [1.82, 2.24) is 9.97 Å². The molecule has 4 N–H and O–H groups in total. The number of carbonyl (C=O) groups is 1. The van der Waals surface area contributed by atoms with Gasteiger partial charge in [0.15, 0.2) is 5.78 Å². The Hall–Kier alpha value is -1.93. The summed E-state index contributed by atoms with van der Waals surface area (Å²) in [6.45, 7) is 1.49. The molecule has 2 heterocycles. The number of rotatable bonds is 4. The number of hydrogen-bond donors (Lipinski definition) is 3. The number of ketones is 1. The van der Waals surface area contributed by atoms with Gasteiger partial charge in [0.25, 0.3) is 0 Å². The first-order valence-corrected chi connectivity index (χ1v) is 10.9. The summed E-state index contributed by atoms with van der Waals surface area (Å²) in [7, 11) is 0. The molecule has 1 aliphatic carbocycles. The minimum absolute atomic E-state index is 0.110. The van der Waals surface area contributed by atoms with Gasteiger partial charge in [-0.15, -0.1) is 11.3 Å². The second-order valence-electron chi connectivity index (χ2n) is 7.26. The molecule has 0 radical (unpaired) electrons. The van der Waals surface area contributed by atoms with Gasteiger partial charge in [0.2, 0.25) is 5.95 Å². The molecule has 0 unspecified atom stereocenters. The lowest BCUT2D eigenvalue weighted by atomic mass is 9.93. The summed E-state index contributed by atoms with van der Waals surface area (Å²) >= 11 is 13.6. The minimum atomic E-state index is -0.238. The summed E-state index contributed by atoms with van der Waals surface area (Å²) in [4.78, 5) is 22.5. The van der Waals surface area contributed by atoms with Crippen molar-refractivity contribution >= 4 is 62.2 Å². The summed E-state index contributed by atoms with van der Waals surface area (Å²) in [5.41, 5.74) is 8.03. The van der Waals surface area contributed by atoms with E-state index >= 15 is 0 Å². The van der Waals surface area contributed by atoms with Crippen molar-refractivity contribution in [2.24, 2.45) is 0 Å². The van der Waals surface area contributed by atoms with E-state index in [1.54, 1.807) is 12.1 Å². The summed E-state index contributed by atoms with van der Waals surface area (Å²) in [5, 5.41) is 14.6. The van der Waals surface area contributed by atoms with Crippen LogP contribution in [0.4, 0.5) is 11.6 Å². The van der Waals surface area contributed by atoms with Crippen LogP contribution in [0.5, 0.6) is 0 Å². The van der Waals surface area contributed by atoms with Gasteiger partial charge in [-0.25, -0.2) is 9.97 Å². The molecule has 1 aliphatic rings. The van der Waals surface area contributed by atoms with Crippen molar-refractivity contribution in [3.8, 4) is 11.3 Å². The smallest absolute Gasteiger partial charge is 0.224 e. The molecule has 0 bridgehead atoms. The van der Waals surface area contributed by atoms with E-state index in [0.29, 0.717) is 42.5 Å². The summed E-state index contributed by atoms with van der Waals surface area (Å²) < 4.78 is 0. The minimum Gasteiger partial charge on any atom is -0.397 e. The molecular weight excluding hydrogens is 431 g/mol. The summed E-state index contributed by atoms with van der Waals surface area (Å²) in [6.07, 6.45) is 2.95. The van der Waals surface area contributed by atoms with Gasteiger partial charge in [0.1, 0.15) is 4.83 Å². The van der Waals surface area contributed by atoms with Gasteiger partial charge in [-0.05, 0) is 37.8 Å². The molecule has 29 heavy (non-hydrogen) atoms. The van der Waals surface area contributed by atoms with E-state index < -0.39 is 0 Å². The molecule has 1 fully saturated rings. The first-order valence-electron chi connectivity index (χ1n) is 9.34. The van der Waals surface area contributed by atoms with Gasteiger partial charge in [0, 0.05) is 18.5 Å². The number of anilines is 2. The Bertz CT molecular complexity index is 1090. The normalized spacial score (nSPS) is 19.4. The number of nitrogen functional groups attached to an aromatic ring is 1. The highest BCUT2D eigenvalue weighted by molar-refractivity contribution is 7.21. The number of Topliss-reactive ketones (excluding diaryl/α,β-unsaturated/α-hetero) is 1. The number of carbonyl (C=O) groups excluding carboxylic acids is 1. The van der Waals surface area contributed by atoms with Crippen molar-refractivity contribution in [3.63, 3.8) is 0 Å². The van der Waals surface area contributed by atoms with Crippen molar-refractivity contribution in [2.45, 2.75) is 44.8 Å². The van der Waals surface area contributed by atoms with Crippen molar-refractivity contribution in [3.05, 3.63) is 33.1 Å². The highest BCUT2D eigenvalue weighted by Crippen LogP contribution is 2.40. The Morgan fingerprint density at radius 1 is 1.21 bits per heavy atom. The Balaban J connectivity index is 1.83. The number of benzene rings is 1. The number of fused-ring (bicyclic) bond motifs is 1. The molecule has 0 atom stereocenters. The lowest BCUT2D eigenvalue weighted by Gasteiger charge is -2.26. The summed E-state index contributed by atoms with van der Waals surface area (Å²) in [6, 6.07) is 5.44. The number of halogens is 2. The van der Waals surface area contributed by atoms with Crippen molar-refractivity contribution < 1.29 is 9.90 Å². The van der Waals surface area contributed by atoms with Crippen LogP contribution < -0.4 is 11.1 Å². The van der Waals surface area contributed by atoms with Crippen LogP contribution in [0.2, 0.25) is 10.0 Å². The SMILES string of the molecule is CC(=O)c1sc2nc(NC3CCC(O)CC3)nc(-c3ccc(Cl)c(Cl)c3)c2c1N. The average molecular weight is 451 g/mol. The van der Waals surface area contributed by atoms with E-state index in [2.05, 4.69) is 10.3 Å². The molecule has 2 aromatic heterocycles. The first-order chi connectivity index (χ1) is 13.8. The number of nitrogens with one attached hydrogen (secondary N) is 1. The van der Waals surface area contributed by atoms with Gasteiger partial charge in [-0.1, -0.05) is 29.3 Å². The van der Waals surface area contributed by atoms with Gasteiger partial charge < -0.3 is 16.2 Å². The van der Waals surface area contributed by atoms with Crippen LogP contribution in [0, 0.1) is 0 Å². The van der Waals surface area contributed by atoms with Gasteiger partial charge >= 0.3 is 0 Å². The fourth-order valence-electron chi connectivity index (χ4n) is 3.60. The third-order valence-corrected chi connectivity index (χ3v) is 7.07. The Morgan fingerprint density at radius 3 is 2.59 bits per heavy atom. The van der Waals surface area contributed by atoms with Crippen LogP contribution in [0.25, 0.3) is 21.5 Å². The molecule has 6 nitrogen and oxygen atoms in total. The number of aromatic nitrogens is 2. The van der Waals surface area contributed by atoms with E-state index in [1.807, 2.05) is 6.07 Å². The quantitative estimate of drug-likeness (QED) is 0.474. The number of aliphatic hydroxyl groups excluding tert-OH is 1. The molecule has 0 aliphatic heterocycles. The monoisotopic (exact) mass is 450 g/mol. The average Bonchev–Trinajstić information content (AvgIpc) is 3.02. The topological polar surface area (TPSA) is 101 Å². The van der Waals surface area contributed by atoms with Crippen LogP contribution in [-0.2, 0) is 0 Å². The van der Waals surface area contributed by atoms with Gasteiger partial charge in [-0.2, -0.15) is 0 Å². The molecule has 1 aromatic carbocycles. The number of nitrogens with zero attached hydrogens (tertiary/aromatic N) is 2. The maximum absolute atomic E-state index is 12.0. The predicted molar refractivity (Wildman–Crippen MR) is 119 cm³/mol. The van der Waals surface area contributed by atoms with Crippen molar-refractivity contribution in [2.75, 3.05) is 11.1 Å². The molecule has 152 valence electrons. The first kappa shape index (κ1) is 20.3. The Kier molecular flexibility index (Phi) is 5.66.